The van der Waals surface area contributed by atoms with E-state index in [0.29, 0.717) is 30.6 Å². The normalized spacial score (nSPS) is 19.6. The summed E-state index contributed by atoms with van der Waals surface area (Å²) in [6, 6.07) is 5.87. The zero-order valence-electron chi connectivity index (χ0n) is 13.0. The Kier molecular flexibility index (Phi) is 5.03. The molecule has 1 atom stereocenters. The molecule has 6 heteroatoms. The molecule has 1 aliphatic rings. The summed E-state index contributed by atoms with van der Waals surface area (Å²) in [7, 11) is -3.40. The highest BCUT2D eigenvalue weighted by molar-refractivity contribution is 7.89. The lowest BCUT2D eigenvalue weighted by Crippen LogP contribution is -2.52. The standard InChI is InChI=1S/C15H25N3O2S/c1-12-4-5-13(2)15(10-12)21(19,20)18-8-6-17(7-9-18)14(3)11-16/h4-5,10,14H,6-9,11,16H2,1-3H3. The van der Waals surface area contributed by atoms with Crippen LogP contribution in [-0.4, -0.2) is 56.4 Å². The number of hydrogen-bond donors (Lipinski definition) is 1. The Morgan fingerprint density at radius 1 is 1.19 bits per heavy atom. The van der Waals surface area contributed by atoms with Crippen molar-refractivity contribution in [1.82, 2.24) is 9.21 Å². The fourth-order valence-electron chi connectivity index (χ4n) is 2.66. The third kappa shape index (κ3) is 3.45. The third-order valence-corrected chi connectivity index (χ3v) is 6.24. The number of aryl methyl sites for hydroxylation is 2. The van der Waals surface area contributed by atoms with E-state index in [-0.39, 0.29) is 0 Å². The van der Waals surface area contributed by atoms with Crippen LogP contribution in [0.4, 0.5) is 0 Å². The average Bonchev–Trinajstić information content (AvgIpc) is 2.49. The molecular formula is C15H25N3O2S. The molecule has 1 aromatic rings. The Morgan fingerprint density at radius 3 is 2.38 bits per heavy atom. The SMILES string of the molecule is Cc1ccc(C)c(S(=O)(=O)N2CCN(C(C)CN)CC2)c1. The van der Waals surface area contributed by atoms with Gasteiger partial charge in [-0.2, -0.15) is 4.31 Å². The van der Waals surface area contributed by atoms with E-state index in [4.69, 9.17) is 5.73 Å². The van der Waals surface area contributed by atoms with Gasteiger partial charge in [-0.3, -0.25) is 4.90 Å². The molecule has 0 saturated carbocycles. The Bertz CT molecular complexity index is 593. The molecule has 0 aliphatic carbocycles. The van der Waals surface area contributed by atoms with Gasteiger partial charge in [0.15, 0.2) is 0 Å². The summed E-state index contributed by atoms with van der Waals surface area (Å²) < 4.78 is 27.2. The molecular weight excluding hydrogens is 286 g/mol. The zero-order valence-corrected chi connectivity index (χ0v) is 13.9. The Balaban J connectivity index is 2.17. The summed E-state index contributed by atoms with van der Waals surface area (Å²) in [6.07, 6.45) is 0. The van der Waals surface area contributed by atoms with Crippen molar-refractivity contribution in [3.05, 3.63) is 29.3 Å². The van der Waals surface area contributed by atoms with Crippen molar-refractivity contribution in [1.29, 1.82) is 0 Å². The van der Waals surface area contributed by atoms with Gasteiger partial charge in [-0.1, -0.05) is 12.1 Å². The van der Waals surface area contributed by atoms with E-state index in [1.54, 1.807) is 10.4 Å². The Labute approximate surface area is 127 Å². The van der Waals surface area contributed by atoms with Gasteiger partial charge in [0.2, 0.25) is 10.0 Å². The number of piperazine rings is 1. The van der Waals surface area contributed by atoms with Gasteiger partial charge in [0.05, 0.1) is 4.90 Å². The first-order chi connectivity index (χ1) is 9.86. The zero-order chi connectivity index (χ0) is 15.6. The van der Waals surface area contributed by atoms with Crippen LogP contribution in [0.5, 0.6) is 0 Å². The molecule has 0 radical (unpaired) electrons. The summed E-state index contributed by atoms with van der Waals surface area (Å²) in [5.41, 5.74) is 7.45. The lowest BCUT2D eigenvalue weighted by Gasteiger charge is -2.37. The summed E-state index contributed by atoms with van der Waals surface area (Å²) in [5.74, 6) is 0. The quantitative estimate of drug-likeness (QED) is 0.899. The smallest absolute Gasteiger partial charge is 0.243 e. The summed E-state index contributed by atoms with van der Waals surface area (Å²) in [4.78, 5) is 2.68. The van der Waals surface area contributed by atoms with Gasteiger partial charge in [-0.05, 0) is 38.0 Å². The molecule has 0 spiro atoms. The summed E-state index contributed by atoms with van der Waals surface area (Å²) >= 11 is 0. The van der Waals surface area contributed by atoms with Crippen LogP contribution < -0.4 is 5.73 Å². The van der Waals surface area contributed by atoms with Crippen LogP contribution in [0.25, 0.3) is 0 Å². The van der Waals surface area contributed by atoms with Crippen molar-refractivity contribution < 1.29 is 8.42 Å². The van der Waals surface area contributed by atoms with Crippen molar-refractivity contribution in [3.8, 4) is 0 Å². The number of benzene rings is 1. The van der Waals surface area contributed by atoms with Crippen LogP contribution in [0, 0.1) is 13.8 Å². The van der Waals surface area contributed by atoms with Crippen molar-refractivity contribution >= 4 is 10.0 Å². The molecule has 0 amide bonds. The van der Waals surface area contributed by atoms with E-state index in [1.807, 2.05) is 26.0 Å². The number of sulfonamides is 1. The molecule has 1 aliphatic heterocycles. The van der Waals surface area contributed by atoms with E-state index in [2.05, 4.69) is 11.8 Å². The maximum Gasteiger partial charge on any atom is 0.243 e. The maximum atomic E-state index is 12.8. The lowest BCUT2D eigenvalue weighted by atomic mass is 10.2. The van der Waals surface area contributed by atoms with Gasteiger partial charge >= 0.3 is 0 Å². The van der Waals surface area contributed by atoms with Gasteiger partial charge in [0.1, 0.15) is 0 Å². The second-order valence-electron chi connectivity index (χ2n) is 5.79. The lowest BCUT2D eigenvalue weighted by molar-refractivity contribution is 0.149. The molecule has 2 N–H and O–H groups in total. The van der Waals surface area contributed by atoms with E-state index >= 15 is 0 Å². The molecule has 1 unspecified atom stereocenters. The third-order valence-electron chi connectivity index (χ3n) is 4.20. The monoisotopic (exact) mass is 311 g/mol. The summed E-state index contributed by atoms with van der Waals surface area (Å²) in [6.45, 7) is 8.97. The Morgan fingerprint density at radius 2 is 1.81 bits per heavy atom. The van der Waals surface area contributed by atoms with E-state index < -0.39 is 10.0 Å². The van der Waals surface area contributed by atoms with Crippen molar-refractivity contribution in [2.75, 3.05) is 32.7 Å². The molecule has 1 aromatic carbocycles. The topological polar surface area (TPSA) is 66.6 Å². The van der Waals surface area contributed by atoms with Crippen LogP contribution >= 0.6 is 0 Å². The van der Waals surface area contributed by atoms with Gasteiger partial charge < -0.3 is 5.73 Å². The van der Waals surface area contributed by atoms with E-state index in [0.717, 1.165) is 24.2 Å². The first-order valence-corrected chi connectivity index (χ1v) is 8.82. The average molecular weight is 311 g/mol. The highest BCUT2D eigenvalue weighted by Crippen LogP contribution is 2.22. The molecule has 1 saturated heterocycles. The van der Waals surface area contributed by atoms with Crippen LogP contribution in [-0.2, 0) is 10.0 Å². The summed E-state index contributed by atoms with van der Waals surface area (Å²) in [5, 5.41) is 0. The number of nitrogens with two attached hydrogens (primary N) is 1. The largest absolute Gasteiger partial charge is 0.329 e. The predicted octanol–water partition coefficient (Wildman–Crippen LogP) is 0.957. The minimum Gasteiger partial charge on any atom is -0.329 e. The van der Waals surface area contributed by atoms with Gasteiger partial charge in [-0.25, -0.2) is 8.42 Å². The van der Waals surface area contributed by atoms with Crippen molar-refractivity contribution in [3.63, 3.8) is 0 Å². The predicted molar refractivity (Wildman–Crippen MR) is 84.8 cm³/mol. The minimum absolute atomic E-state index is 0.301. The van der Waals surface area contributed by atoms with Gasteiger partial charge in [0, 0.05) is 38.8 Å². The maximum absolute atomic E-state index is 12.8. The highest BCUT2D eigenvalue weighted by atomic mass is 32.2. The number of hydrogen-bond acceptors (Lipinski definition) is 4. The van der Waals surface area contributed by atoms with Crippen LogP contribution in [0.2, 0.25) is 0 Å². The van der Waals surface area contributed by atoms with Gasteiger partial charge in [-0.15, -0.1) is 0 Å². The fourth-order valence-corrected chi connectivity index (χ4v) is 4.39. The molecule has 1 fully saturated rings. The number of nitrogens with zero attached hydrogens (tertiary/aromatic N) is 2. The van der Waals surface area contributed by atoms with Crippen molar-refractivity contribution in [2.45, 2.75) is 31.7 Å². The molecule has 1 heterocycles. The Hall–Kier alpha value is -0.950. The van der Waals surface area contributed by atoms with Crippen molar-refractivity contribution in [2.24, 2.45) is 5.73 Å². The van der Waals surface area contributed by atoms with E-state index in [1.165, 1.54) is 0 Å². The van der Waals surface area contributed by atoms with Crippen LogP contribution in [0.3, 0.4) is 0 Å². The minimum atomic E-state index is -3.40. The van der Waals surface area contributed by atoms with E-state index in [9.17, 15) is 8.42 Å². The molecule has 0 bridgehead atoms. The fraction of sp³-hybridized carbons (Fsp3) is 0.600. The molecule has 118 valence electrons. The highest BCUT2D eigenvalue weighted by Gasteiger charge is 2.30. The second-order valence-corrected chi connectivity index (χ2v) is 7.70. The van der Waals surface area contributed by atoms with Crippen LogP contribution in [0.15, 0.2) is 23.1 Å². The first kappa shape index (κ1) is 16.4. The van der Waals surface area contributed by atoms with Crippen LogP contribution in [0.1, 0.15) is 18.1 Å². The molecule has 21 heavy (non-hydrogen) atoms. The molecule has 5 nitrogen and oxygen atoms in total. The second kappa shape index (κ2) is 6.44. The number of rotatable bonds is 4. The van der Waals surface area contributed by atoms with Gasteiger partial charge in [0.25, 0.3) is 0 Å². The molecule has 2 rings (SSSR count). The molecule has 0 aromatic heterocycles. The first-order valence-electron chi connectivity index (χ1n) is 7.38.